The molecule has 0 saturated heterocycles. The summed E-state index contributed by atoms with van der Waals surface area (Å²) in [6.45, 7) is 6.21. The predicted molar refractivity (Wildman–Crippen MR) is 75.2 cm³/mol. The lowest BCUT2D eigenvalue weighted by molar-refractivity contribution is -0.138. The number of esters is 1. The van der Waals surface area contributed by atoms with Crippen molar-refractivity contribution in [3.8, 4) is 0 Å². The smallest absolute Gasteiger partial charge is 0.337 e. The van der Waals surface area contributed by atoms with Crippen molar-refractivity contribution in [2.75, 3.05) is 6.61 Å². The van der Waals surface area contributed by atoms with Crippen LogP contribution in [0.1, 0.15) is 26.3 Å². The van der Waals surface area contributed by atoms with Gasteiger partial charge in [-0.15, -0.1) is 0 Å². The standard InChI is InChI=1S/C15H20N2O2/c1-4-19-15(18)13-10(2)16-11(3)17-14(13)12-8-6-5-7-9-12/h5-11,16-17H,4H2,1-3H3/t10-,11-/m1/s1. The number of rotatable bonds is 3. The Kier molecular flexibility index (Phi) is 4.22. The summed E-state index contributed by atoms with van der Waals surface area (Å²) in [6, 6.07) is 9.83. The maximum atomic E-state index is 12.1. The maximum Gasteiger partial charge on any atom is 0.337 e. The summed E-state index contributed by atoms with van der Waals surface area (Å²) in [6.07, 6.45) is 0.114. The van der Waals surface area contributed by atoms with Crippen molar-refractivity contribution in [3.05, 3.63) is 41.5 Å². The van der Waals surface area contributed by atoms with Crippen molar-refractivity contribution in [3.63, 3.8) is 0 Å². The fourth-order valence-corrected chi connectivity index (χ4v) is 2.34. The Hall–Kier alpha value is -1.81. The van der Waals surface area contributed by atoms with Gasteiger partial charge in [0, 0.05) is 6.04 Å². The Labute approximate surface area is 113 Å². The normalized spacial score (nSPS) is 22.9. The van der Waals surface area contributed by atoms with Gasteiger partial charge < -0.3 is 10.1 Å². The predicted octanol–water partition coefficient (Wildman–Crippen LogP) is 1.89. The molecule has 1 aliphatic heterocycles. The van der Waals surface area contributed by atoms with E-state index in [1.165, 1.54) is 0 Å². The minimum Gasteiger partial charge on any atom is -0.463 e. The van der Waals surface area contributed by atoms with Gasteiger partial charge in [0.25, 0.3) is 0 Å². The third-order valence-corrected chi connectivity index (χ3v) is 3.12. The molecule has 0 radical (unpaired) electrons. The van der Waals surface area contributed by atoms with Gasteiger partial charge in [0.1, 0.15) is 0 Å². The number of benzene rings is 1. The zero-order valence-electron chi connectivity index (χ0n) is 11.6. The zero-order chi connectivity index (χ0) is 13.8. The molecule has 1 aromatic carbocycles. The van der Waals surface area contributed by atoms with Crippen LogP contribution in [0.4, 0.5) is 0 Å². The van der Waals surface area contributed by atoms with Crippen LogP contribution in [0.25, 0.3) is 5.70 Å². The van der Waals surface area contributed by atoms with E-state index in [1.807, 2.05) is 51.1 Å². The van der Waals surface area contributed by atoms with Crippen LogP contribution in [0.15, 0.2) is 35.9 Å². The number of hydrogen-bond acceptors (Lipinski definition) is 4. The zero-order valence-corrected chi connectivity index (χ0v) is 11.6. The quantitative estimate of drug-likeness (QED) is 0.815. The van der Waals surface area contributed by atoms with E-state index in [0.717, 1.165) is 11.3 Å². The number of hydrogen-bond donors (Lipinski definition) is 2. The summed E-state index contributed by atoms with van der Waals surface area (Å²) in [5.74, 6) is -0.263. The van der Waals surface area contributed by atoms with Crippen LogP contribution in [0, 0.1) is 0 Å². The number of carbonyl (C=O) groups excluding carboxylic acids is 1. The minimum absolute atomic E-state index is 0.0366. The fourth-order valence-electron chi connectivity index (χ4n) is 2.34. The molecule has 102 valence electrons. The highest BCUT2D eigenvalue weighted by atomic mass is 16.5. The van der Waals surface area contributed by atoms with Gasteiger partial charge in [-0.1, -0.05) is 30.3 Å². The second kappa shape index (κ2) is 5.89. The number of carbonyl (C=O) groups is 1. The average molecular weight is 260 g/mol. The van der Waals surface area contributed by atoms with Crippen molar-refractivity contribution in [2.45, 2.75) is 33.0 Å². The molecule has 0 amide bonds. The molecule has 2 rings (SSSR count). The van der Waals surface area contributed by atoms with Gasteiger partial charge in [0.2, 0.25) is 0 Å². The minimum atomic E-state index is -0.263. The van der Waals surface area contributed by atoms with Crippen LogP contribution in [0.2, 0.25) is 0 Å². The topological polar surface area (TPSA) is 50.4 Å². The molecule has 4 heteroatoms. The summed E-state index contributed by atoms with van der Waals surface area (Å²) in [5.41, 5.74) is 2.52. The van der Waals surface area contributed by atoms with Crippen LogP contribution in [-0.2, 0) is 9.53 Å². The Morgan fingerprint density at radius 3 is 2.58 bits per heavy atom. The van der Waals surface area contributed by atoms with E-state index in [9.17, 15) is 4.79 Å². The van der Waals surface area contributed by atoms with Crippen LogP contribution >= 0.6 is 0 Å². The van der Waals surface area contributed by atoms with Gasteiger partial charge in [0.15, 0.2) is 0 Å². The molecule has 1 aromatic rings. The Morgan fingerprint density at radius 2 is 1.95 bits per heavy atom. The van der Waals surface area contributed by atoms with Gasteiger partial charge in [-0.05, 0) is 26.3 Å². The Morgan fingerprint density at radius 1 is 1.26 bits per heavy atom. The molecular formula is C15H20N2O2. The molecular weight excluding hydrogens is 240 g/mol. The highest BCUT2D eigenvalue weighted by Gasteiger charge is 2.29. The van der Waals surface area contributed by atoms with Crippen molar-refractivity contribution in [1.29, 1.82) is 0 Å². The first-order valence-electron chi connectivity index (χ1n) is 6.62. The largest absolute Gasteiger partial charge is 0.463 e. The van der Waals surface area contributed by atoms with Crippen molar-refractivity contribution < 1.29 is 9.53 Å². The second-order valence-electron chi connectivity index (χ2n) is 4.63. The van der Waals surface area contributed by atoms with E-state index in [4.69, 9.17) is 4.74 Å². The van der Waals surface area contributed by atoms with Gasteiger partial charge in [-0.2, -0.15) is 0 Å². The monoisotopic (exact) mass is 260 g/mol. The van der Waals surface area contributed by atoms with Crippen LogP contribution in [0.3, 0.4) is 0 Å². The Balaban J connectivity index is 2.46. The summed E-state index contributed by atoms with van der Waals surface area (Å²) < 4.78 is 5.16. The first-order chi connectivity index (χ1) is 9.13. The lowest BCUT2D eigenvalue weighted by Gasteiger charge is -2.32. The third kappa shape index (κ3) is 2.96. The van der Waals surface area contributed by atoms with Crippen LogP contribution in [0.5, 0.6) is 0 Å². The molecule has 2 N–H and O–H groups in total. The van der Waals surface area contributed by atoms with Crippen molar-refractivity contribution >= 4 is 11.7 Å². The fraction of sp³-hybridized carbons (Fsp3) is 0.400. The van der Waals surface area contributed by atoms with E-state index in [2.05, 4.69) is 10.6 Å². The molecule has 0 spiro atoms. The molecule has 1 heterocycles. The average Bonchev–Trinajstić information content (AvgIpc) is 2.39. The van der Waals surface area contributed by atoms with Gasteiger partial charge in [0.05, 0.1) is 24.0 Å². The first-order valence-corrected chi connectivity index (χ1v) is 6.62. The van der Waals surface area contributed by atoms with E-state index >= 15 is 0 Å². The SMILES string of the molecule is CCOC(=O)C1=C(c2ccccc2)N[C@H](C)N[C@@H]1C. The van der Waals surface area contributed by atoms with Crippen LogP contribution < -0.4 is 10.6 Å². The molecule has 0 aliphatic carbocycles. The summed E-state index contributed by atoms with van der Waals surface area (Å²) in [7, 11) is 0. The molecule has 0 fully saturated rings. The molecule has 0 unspecified atom stereocenters. The summed E-state index contributed by atoms with van der Waals surface area (Å²) in [4.78, 5) is 12.1. The molecule has 0 bridgehead atoms. The van der Waals surface area contributed by atoms with E-state index in [1.54, 1.807) is 0 Å². The summed E-state index contributed by atoms with van der Waals surface area (Å²) in [5, 5.41) is 6.62. The van der Waals surface area contributed by atoms with Gasteiger partial charge >= 0.3 is 5.97 Å². The highest BCUT2D eigenvalue weighted by molar-refractivity contribution is 5.99. The van der Waals surface area contributed by atoms with Crippen molar-refractivity contribution in [2.24, 2.45) is 0 Å². The van der Waals surface area contributed by atoms with Gasteiger partial charge in [-0.3, -0.25) is 5.32 Å². The second-order valence-corrected chi connectivity index (χ2v) is 4.63. The maximum absolute atomic E-state index is 12.1. The van der Waals surface area contributed by atoms with E-state index in [-0.39, 0.29) is 18.2 Å². The molecule has 0 aromatic heterocycles. The molecule has 1 aliphatic rings. The molecule has 4 nitrogen and oxygen atoms in total. The van der Waals surface area contributed by atoms with Crippen molar-refractivity contribution in [1.82, 2.24) is 10.6 Å². The Bertz CT molecular complexity index is 482. The number of ether oxygens (including phenoxy) is 1. The first kappa shape index (κ1) is 13.6. The third-order valence-electron chi connectivity index (χ3n) is 3.12. The molecule has 2 atom stereocenters. The van der Waals surface area contributed by atoms with E-state index in [0.29, 0.717) is 12.2 Å². The molecule has 0 saturated carbocycles. The molecule has 19 heavy (non-hydrogen) atoms. The summed E-state index contributed by atoms with van der Waals surface area (Å²) >= 11 is 0. The lowest BCUT2D eigenvalue weighted by Crippen LogP contribution is -2.51. The number of nitrogens with one attached hydrogen (secondary N) is 2. The highest BCUT2D eigenvalue weighted by Crippen LogP contribution is 2.23. The van der Waals surface area contributed by atoms with Gasteiger partial charge in [-0.25, -0.2) is 4.79 Å². The van der Waals surface area contributed by atoms with Crippen LogP contribution in [-0.4, -0.2) is 24.8 Å². The lowest BCUT2D eigenvalue weighted by atomic mass is 9.98. The van der Waals surface area contributed by atoms with E-state index < -0.39 is 0 Å².